The lowest BCUT2D eigenvalue weighted by Crippen LogP contribution is -2.35. The second-order valence-corrected chi connectivity index (χ2v) is 5.95. The lowest BCUT2D eigenvalue weighted by molar-refractivity contribution is 0.476. The third-order valence-corrected chi connectivity index (χ3v) is 4.29. The van der Waals surface area contributed by atoms with E-state index in [1.807, 2.05) is 0 Å². The van der Waals surface area contributed by atoms with Gasteiger partial charge in [0.05, 0.1) is 18.1 Å². The highest BCUT2D eigenvalue weighted by molar-refractivity contribution is 6.08. The number of nitrogens with one attached hydrogen (secondary N) is 3. The van der Waals surface area contributed by atoms with Crippen molar-refractivity contribution in [1.29, 1.82) is 5.41 Å². The van der Waals surface area contributed by atoms with Crippen LogP contribution in [0, 0.1) is 5.41 Å². The topological polar surface area (TPSA) is 120 Å². The number of hydrogen-bond acceptors (Lipinski definition) is 7. The molecule has 2 aromatic rings. The number of aromatic hydroxyl groups is 1. The second kappa shape index (κ2) is 7.76. The van der Waals surface area contributed by atoms with Crippen molar-refractivity contribution in [3.8, 4) is 17.0 Å². The molecule has 0 bridgehead atoms. The molecule has 0 saturated carbocycles. The van der Waals surface area contributed by atoms with Crippen LogP contribution < -0.4 is 16.4 Å². The number of anilines is 1. The van der Waals surface area contributed by atoms with Crippen LogP contribution in [0.4, 0.5) is 5.82 Å². The number of aromatic nitrogens is 2. The molecular formula is C18H22N6O. The lowest BCUT2D eigenvalue weighted by atomic mass is 10.0. The summed E-state index contributed by atoms with van der Waals surface area (Å²) < 4.78 is 0. The van der Waals surface area contributed by atoms with E-state index in [-0.39, 0.29) is 5.75 Å². The predicted octanol–water partition coefficient (Wildman–Crippen LogP) is 1.96. The number of nitrogens with two attached hydrogens (primary N) is 1. The maximum absolute atomic E-state index is 10.3. The fourth-order valence-corrected chi connectivity index (χ4v) is 2.87. The Morgan fingerprint density at radius 3 is 2.68 bits per heavy atom. The minimum absolute atomic E-state index is 0.0760. The van der Waals surface area contributed by atoms with Crippen LogP contribution in [0.3, 0.4) is 0 Å². The van der Waals surface area contributed by atoms with Gasteiger partial charge in [0.2, 0.25) is 0 Å². The van der Waals surface area contributed by atoms with Crippen LogP contribution in [0.15, 0.2) is 36.8 Å². The van der Waals surface area contributed by atoms with E-state index in [9.17, 15) is 5.11 Å². The molecule has 1 aromatic carbocycles. The molecule has 3 rings (SSSR count). The smallest absolute Gasteiger partial charge is 0.144 e. The Bertz CT molecular complexity index is 766. The Hall–Kier alpha value is -2.93. The summed E-state index contributed by atoms with van der Waals surface area (Å²) in [5, 5.41) is 24.3. The molecule has 7 nitrogen and oxygen atoms in total. The largest absolute Gasteiger partial charge is 0.507 e. The second-order valence-electron chi connectivity index (χ2n) is 5.95. The summed E-state index contributed by atoms with van der Waals surface area (Å²) in [5.74, 6) is 0.816. The normalized spacial score (nSPS) is 15.8. The first kappa shape index (κ1) is 16.9. The summed E-state index contributed by atoms with van der Waals surface area (Å²) >= 11 is 0. The summed E-state index contributed by atoms with van der Waals surface area (Å²) in [4.78, 5) is 8.81. The van der Waals surface area contributed by atoms with Gasteiger partial charge in [0.25, 0.3) is 0 Å². The van der Waals surface area contributed by atoms with Crippen molar-refractivity contribution in [1.82, 2.24) is 15.3 Å². The highest BCUT2D eigenvalue weighted by Crippen LogP contribution is 2.30. The first-order valence-electron chi connectivity index (χ1n) is 8.26. The lowest BCUT2D eigenvalue weighted by Gasteiger charge is -2.23. The van der Waals surface area contributed by atoms with Crippen molar-refractivity contribution in [2.24, 2.45) is 5.73 Å². The van der Waals surface area contributed by atoms with Crippen LogP contribution in [0.2, 0.25) is 0 Å². The molecule has 1 aliphatic heterocycles. The number of piperidine rings is 1. The third-order valence-electron chi connectivity index (χ3n) is 4.29. The van der Waals surface area contributed by atoms with E-state index in [0.717, 1.165) is 38.0 Å². The van der Waals surface area contributed by atoms with E-state index >= 15 is 0 Å². The van der Waals surface area contributed by atoms with Gasteiger partial charge in [0, 0.05) is 29.6 Å². The maximum Gasteiger partial charge on any atom is 0.144 e. The van der Waals surface area contributed by atoms with Gasteiger partial charge in [-0.15, -0.1) is 0 Å². The standard InChI is InChI=1S/C18H22N6O/c19-8-13(9-20)12-1-2-15(17(25)7-12)16-10-23-18(11-22-16)24-14-3-5-21-6-4-14/h1-2,7-11,14,19,21,25H,3-6,20H2,(H,23,24). The molecule has 2 heterocycles. The van der Waals surface area contributed by atoms with Crippen LogP contribution in [-0.2, 0) is 0 Å². The Balaban J connectivity index is 1.76. The molecule has 0 aliphatic carbocycles. The number of nitrogens with zero attached hydrogens (tertiary/aromatic N) is 2. The molecule has 130 valence electrons. The van der Waals surface area contributed by atoms with Gasteiger partial charge in [0.15, 0.2) is 0 Å². The zero-order chi connectivity index (χ0) is 17.6. The average molecular weight is 338 g/mol. The van der Waals surface area contributed by atoms with Crippen LogP contribution in [0.25, 0.3) is 16.8 Å². The van der Waals surface area contributed by atoms with E-state index in [4.69, 9.17) is 11.1 Å². The predicted molar refractivity (Wildman–Crippen MR) is 99.6 cm³/mol. The highest BCUT2D eigenvalue weighted by Gasteiger charge is 2.14. The molecule has 0 amide bonds. The van der Waals surface area contributed by atoms with Gasteiger partial charge in [-0.05, 0) is 43.6 Å². The number of allylic oxidation sites excluding steroid dienone is 1. The van der Waals surface area contributed by atoms with Crippen molar-refractivity contribution in [2.75, 3.05) is 18.4 Å². The summed E-state index contributed by atoms with van der Waals surface area (Å²) in [6.45, 7) is 2.02. The average Bonchev–Trinajstić information content (AvgIpc) is 2.65. The summed E-state index contributed by atoms with van der Waals surface area (Å²) in [5.41, 5.74) is 7.87. The van der Waals surface area contributed by atoms with Crippen LogP contribution in [-0.4, -0.2) is 40.4 Å². The van der Waals surface area contributed by atoms with Crippen molar-refractivity contribution in [3.05, 3.63) is 42.4 Å². The summed E-state index contributed by atoms with van der Waals surface area (Å²) in [6.07, 6.45) is 7.95. The molecule has 0 atom stereocenters. The van der Waals surface area contributed by atoms with Gasteiger partial charge < -0.3 is 26.9 Å². The van der Waals surface area contributed by atoms with Crippen LogP contribution in [0.5, 0.6) is 5.75 Å². The minimum atomic E-state index is 0.0760. The molecule has 1 aromatic heterocycles. The summed E-state index contributed by atoms with van der Waals surface area (Å²) in [6, 6.07) is 5.53. The van der Waals surface area contributed by atoms with Gasteiger partial charge in [-0.3, -0.25) is 4.98 Å². The molecule has 6 N–H and O–H groups in total. The Morgan fingerprint density at radius 2 is 2.08 bits per heavy atom. The monoisotopic (exact) mass is 338 g/mol. The van der Waals surface area contributed by atoms with Gasteiger partial charge in [-0.25, -0.2) is 4.98 Å². The molecule has 1 saturated heterocycles. The SMILES string of the molecule is N=CC(=CN)c1ccc(-c2cnc(NC3CCNCC3)cn2)c(O)c1. The van der Waals surface area contributed by atoms with Gasteiger partial charge in [-0.1, -0.05) is 6.07 Å². The number of benzene rings is 1. The zero-order valence-electron chi connectivity index (χ0n) is 13.9. The van der Waals surface area contributed by atoms with Crippen LogP contribution in [0.1, 0.15) is 18.4 Å². The molecule has 0 unspecified atom stereocenters. The number of rotatable bonds is 5. The number of phenols is 1. The van der Waals surface area contributed by atoms with Gasteiger partial charge in [-0.2, -0.15) is 0 Å². The molecule has 0 spiro atoms. The number of hydrogen-bond donors (Lipinski definition) is 5. The van der Waals surface area contributed by atoms with E-state index < -0.39 is 0 Å². The Morgan fingerprint density at radius 1 is 1.28 bits per heavy atom. The molecular weight excluding hydrogens is 316 g/mol. The fourth-order valence-electron chi connectivity index (χ4n) is 2.87. The van der Waals surface area contributed by atoms with Crippen molar-refractivity contribution < 1.29 is 5.11 Å². The molecule has 0 radical (unpaired) electrons. The Labute approximate surface area is 146 Å². The van der Waals surface area contributed by atoms with Gasteiger partial charge in [0.1, 0.15) is 11.6 Å². The Kier molecular flexibility index (Phi) is 5.25. The molecule has 1 aliphatic rings. The third kappa shape index (κ3) is 3.95. The van der Waals surface area contributed by atoms with E-state index in [1.165, 1.54) is 6.20 Å². The number of phenolic OH excluding ortho intramolecular Hbond substituents is 1. The van der Waals surface area contributed by atoms with E-state index in [2.05, 4.69) is 20.6 Å². The molecule has 25 heavy (non-hydrogen) atoms. The fraction of sp³-hybridized carbons (Fsp3) is 0.278. The first-order chi connectivity index (χ1) is 12.2. The zero-order valence-corrected chi connectivity index (χ0v) is 13.9. The maximum atomic E-state index is 10.3. The van der Waals surface area contributed by atoms with E-state index in [1.54, 1.807) is 30.6 Å². The molecule has 1 fully saturated rings. The van der Waals surface area contributed by atoms with E-state index in [0.29, 0.717) is 28.4 Å². The highest BCUT2D eigenvalue weighted by atomic mass is 16.3. The summed E-state index contributed by atoms with van der Waals surface area (Å²) in [7, 11) is 0. The molecule has 7 heteroatoms. The van der Waals surface area contributed by atoms with Crippen molar-refractivity contribution >= 4 is 17.6 Å². The first-order valence-corrected chi connectivity index (χ1v) is 8.26. The minimum Gasteiger partial charge on any atom is -0.507 e. The van der Waals surface area contributed by atoms with Crippen molar-refractivity contribution in [2.45, 2.75) is 18.9 Å². The quantitative estimate of drug-likeness (QED) is 0.532. The van der Waals surface area contributed by atoms with Crippen molar-refractivity contribution in [3.63, 3.8) is 0 Å². The van der Waals surface area contributed by atoms with Gasteiger partial charge >= 0.3 is 0 Å². The van der Waals surface area contributed by atoms with Crippen LogP contribution >= 0.6 is 0 Å².